The third-order valence-corrected chi connectivity index (χ3v) is 8.00. The van der Waals surface area contributed by atoms with Gasteiger partial charge in [-0.25, -0.2) is 0 Å². The lowest BCUT2D eigenvalue weighted by atomic mass is 9.49. The van der Waals surface area contributed by atoms with E-state index in [-0.39, 0.29) is 29.6 Å². The Balaban J connectivity index is 1.03. The number of benzene rings is 2. The van der Waals surface area contributed by atoms with Gasteiger partial charge in [0.15, 0.2) is 12.4 Å². The zero-order valence-corrected chi connectivity index (χ0v) is 20.3. The van der Waals surface area contributed by atoms with Gasteiger partial charge in [-0.1, -0.05) is 18.2 Å². The molecule has 0 saturated heterocycles. The van der Waals surface area contributed by atoms with E-state index in [1.54, 1.807) is 48.5 Å². The molecular formula is C29H32N2O5. The number of carbonyl (C=O) groups excluding carboxylic acids is 4. The van der Waals surface area contributed by atoms with Crippen LogP contribution in [0.15, 0.2) is 54.6 Å². The zero-order valence-electron chi connectivity index (χ0n) is 20.3. The summed E-state index contributed by atoms with van der Waals surface area (Å²) in [5.74, 6) is 0.984. The number of ether oxygens (including phenoxy) is 1. The SMILES string of the molecule is O=C(CC12CC3CC(CC(C3)C1)C2)NCC(=O)OCC(=O)c1ccc(NC(=O)c2ccccc2)cc1. The maximum Gasteiger partial charge on any atom is 0.325 e. The molecule has 4 aliphatic rings. The Labute approximate surface area is 211 Å². The van der Waals surface area contributed by atoms with Crippen molar-refractivity contribution in [1.29, 1.82) is 0 Å². The first kappa shape index (κ1) is 24.2. The summed E-state index contributed by atoms with van der Waals surface area (Å²) in [5, 5.41) is 5.47. The summed E-state index contributed by atoms with van der Waals surface area (Å²) in [6.45, 7) is -0.637. The van der Waals surface area contributed by atoms with Gasteiger partial charge in [0.05, 0.1) is 0 Å². The Kier molecular flexibility index (Phi) is 6.90. The highest BCUT2D eigenvalue weighted by molar-refractivity contribution is 6.04. The van der Waals surface area contributed by atoms with E-state index < -0.39 is 12.6 Å². The van der Waals surface area contributed by atoms with Gasteiger partial charge in [0.1, 0.15) is 6.54 Å². The Morgan fingerprint density at radius 2 is 1.42 bits per heavy atom. The molecule has 0 spiro atoms. The molecule has 0 atom stereocenters. The van der Waals surface area contributed by atoms with E-state index in [0.717, 1.165) is 37.0 Å². The van der Waals surface area contributed by atoms with Crippen LogP contribution < -0.4 is 10.6 Å². The second kappa shape index (κ2) is 10.2. The van der Waals surface area contributed by atoms with Crippen molar-refractivity contribution in [2.24, 2.45) is 23.2 Å². The number of rotatable bonds is 9. The number of ketones is 1. The second-order valence-corrected chi connectivity index (χ2v) is 10.9. The molecule has 4 bridgehead atoms. The van der Waals surface area contributed by atoms with Crippen LogP contribution in [-0.4, -0.2) is 36.7 Å². The van der Waals surface area contributed by atoms with E-state index >= 15 is 0 Å². The first-order valence-electron chi connectivity index (χ1n) is 12.8. The van der Waals surface area contributed by atoms with Gasteiger partial charge in [-0.3, -0.25) is 19.2 Å². The predicted molar refractivity (Wildman–Crippen MR) is 134 cm³/mol. The summed E-state index contributed by atoms with van der Waals surface area (Å²) in [6.07, 6.45) is 7.88. The summed E-state index contributed by atoms with van der Waals surface area (Å²) >= 11 is 0. The summed E-state index contributed by atoms with van der Waals surface area (Å²) in [4.78, 5) is 49.3. The standard InChI is InChI=1S/C29H32N2O5/c32-25(22-6-8-24(9-7-22)31-28(35)23-4-2-1-3-5-23)18-36-27(34)17-30-26(33)16-29-13-19-10-20(14-29)12-21(11-19)15-29/h1-9,19-21H,10-18H2,(H,30,33)(H,31,35). The number of Topliss-reactive ketones (excluding diaryl/α,β-unsaturated/α-hetero) is 1. The van der Waals surface area contributed by atoms with Crippen molar-refractivity contribution in [2.45, 2.75) is 44.9 Å². The highest BCUT2D eigenvalue weighted by Crippen LogP contribution is 2.61. The minimum absolute atomic E-state index is 0.103. The van der Waals surface area contributed by atoms with Gasteiger partial charge >= 0.3 is 5.97 Å². The number of esters is 1. The lowest BCUT2D eigenvalue weighted by Crippen LogP contribution is -2.48. The summed E-state index contributed by atoms with van der Waals surface area (Å²) in [6, 6.07) is 15.2. The maximum absolute atomic E-state index is 12.6. The molecule has 4 aliphatic carbocycles. The summed E-state index contributed by atoms with van der Waals surface area (Å²) in [5.41, 5.74) is 1.57. The topological polar surface area (TPSA) is 102 Å². The molecular weight excluding hydrogens is 456 g/mol. The highest BCUT2D eigenvalue weighted by atomic mass is 16.5. The third kappa shape index (κ3) is 5.66. The molecule has 188 valence electrons. The Morgan fingerprint density at radius 3 is 2.03 bits per heavy atom. The molecule has 0 unspecified atom stereocenters. The number of nitrogens with one attached hydrogen (secondary N) is 2. The fraction of sp³-hybridized carbons (Fsp3) is 0.448. The highest BCUT2D eigenvalue weighted by Gasteiger charge is 2.51. The largest absolute Gasteiger partial charge is 0.456 e. The first-order chi connectivity index (χ1) is 17.4. The van der Waals surface area contributed by atoms with E-state index in [1.807, 2.05) is 6.07 Å². The van der Waals surface area contributed by atoms with Crippen molar-refractivity contribution in [3.05, 3.63) is 65.7 Å². The number of hydrogen-bond acceptors (Lipinski definition) is 5. The van der Waals surface area contributed by atoms with Crippen LogP contribution in [-0.2, 0) is 14.3 Å². The van der Waals surface area contributed by atoms with Crippen LogP contribution in [0.4, 0.5) is 5.69 Å². The fourth-order valence-electron chi connectivity index (χ4n) is 6.89. The van der Waals surface area contributed by atoms with Crippen molar-refractivity contribution < 1.29 is 23.9 Å². The van der Waals surface area contributed by atoms with Crippen LogP contribution in [0.5, 0.6) is 0 Å². The molecule has 4 fully saturated rings. The van der Waals surface area contributed by atoms with Crippen molar-refractivity contribution in [3.8, 4) is 0 Å². The average Bonchev–Trinajstić information content (AvgIpc) is 2.86. The molecule has 2 aromatic carbocycles. The minimum Gasteiger partial charge on any atom is -0.456 e. The summed E-state index contributed by atoms with van der Waals surface area (Å²) in [7, 11) is 0. The van der Waals surface area contributed by atoms with E-state index in [9.17, 15) is 19.2 Å². The van der Waals surface area contributed by atoms with Gasteiger partial charge in [-0.2, -0.15) is 0 Å². The molecule has 2 aromatic rings. The van der Waals surface area contributed by atoms with Crippen molar-refractivity contribution in [2.75, 3.05) is 18.5 Å². The van der Waals surface area contributed by atoms with Gasteiger partial charge in [-0.05, 0) is 98.1 Å². The normalized spacial score (nSPS) is 25.7. The van der Waals surface area contributed by atoms with E-state index in [2.05, 4.69) is 10.6 Å². The molecule has 2 amide bonds. The van der Waals surface area contributed by atoms with E-state index in [0.29, 0.717) is 23.2 Å². The zero-order chi connectivity index (χ0) is 25.1. The van der Waals surface area contributed by atoms with Gasteiger partial charge in [0, 0.05) is 23.2 Å². The Morgan fingerprint density at radius 1 is 0.806 bits per heavy atom. The van der Waals surface area contributed by atoms with Gasteiger partial charge in [0.2, 0.25) is 5.91 Å². The molecule has 0 aliphatic heterocycles. The molecule has 0 radical (unpaired) electrons. The molecule has 7 nitrogen and oxygen atoms in total. The third-order valence-electron chi connectivity index (χ3n) is 8.00. The van der Waals surface area contributed by atoms with Crippen LogP contribution in [0.3, 0.4) is 0 Å². The van der Waals surface area contributed by atoms with Gasteiger partial charge in [-0.15, -0.1) is 0 Å². The molecule has 2 N–H and O–H groups in total. The predicted octanol–water partition coefficient (Wildman–Crippen LogP) is 4.39. The molecule has 4 saturated carbocycles. The number of hydrogen-bond donors (Lipinski definition) is 2. The minimum atomic E-state index is -0.631. The van der Waals surface area contributed by atoms with E-state index in [4.69, 9.17) is 4.74 Å². The van der Waals surface area contributed by atoms with Crippen molar-refractivity contribution in [1.82, 2.24) is 5.32 Å². The van der Waals surface area contributed by atoms with Crippen LogP contribution in [0.25, 0.3) is 0 Å². The quantitative estimate of drug-likeness (QED) is 0.403. The summed E-state index contributed by atoms with van der Waals surface area (Å²) < 4.78 is 5.08. The van der Waals surface area contributed by atoms with Crippen molar-refractivity contribution in [3.63, 3.8) is 0 Å². The van der Waals surface area contributed by atoms with Crippen LogP contribution >= 0.6 is 0 Å². The van der Waals surface area contributed by atoms with Crippen molar-refractivity contribution >= 4 is 29.3 Å². The Bertz CT molecular complexity index is 1110. The Hall–Kier alpha value is -3.48. The average molecular weight is 489 g/mol. The first-order valence-corrected chi connectivity index (χ1v) is 12.8. The molecule has 6 rings (SSSR count). The second-order valence-electron chi connectivity index (χ2n) is 10.9. The molecule has 7 heteroatoms. The lowest BCUT2D eigenvalue weighted by molar-refractivity contribution is -0.143. The molecule has 0 aromatic heterocycles. The van der Waals surface area contributed by atoms with Gasteiger partial charge in [0.25, 0.3) is 5.91 Å². The van der Waals surface area contributed by atoms with Gasteiger partial charge < -0.3 is 15.4 Å². The van der Waals surface area contributed by atoms with Crippen LogP contribution in [0, 0.1) is 23.2 Å². The monoisotopic (exact) mass is 488 g/mol. The fourth-order valence-corrected chi connectivity index (χ4v) is 6.89. The number of amides is 2. The molecule has 0 heterocycles. The number of carbonyl (C=O) groups is 4. The lowest BCUT2D eigenvalue weighted by Gasteiger charge is -2.56. The van der Waals surface area contributed by atoms with Crippen LogP contribution in [0.2, 0.25) is 0 Å². The van der Waals surface area contributed by atoms with E-state index in [1.165, 1.54) is 19.3 Å². The maximum atomic E-state index is 12.6. The molecule has 36 heavy (non-hydrogen) atoms. The van der Waals surface area contributed by atoms with Crippen LogP contribution in [0.1, 0.15) is 65.7 Å². The smallest absolute Gasteiger partial charge is 0.325 e. The number of anilines is 1.